The zero-order valence-corrected chi connectivity index (χ0v) is 11.9. The normalized spacial score (nSPS) is 21.1. The summed E-state index contributed by atoms with van der Waals surface area (Å²) in [6, 6.07) is 0. The Morgan fingerprint density at radius 1 is 1.44 bits per heavy atom. The highest BCUT2D eigenvalue weighted by Gasteiger charge is 2.18. The van der Waals surface area contributed by atoms with Crippen LogP contribution in [0.2, 0.25) is 0 Å². The smallest absolute Gasteiger partial charge is 0.140 e. The number of carbonyl (C=O) groups excluding carboxylic acids is 1. The summed E-state index contributed by atoms with van der Waals surface area (Å²) in [6.07, 6.45) is 13.4. The van der Waals surface area contributed by atoms with Crippen LogP contribution in [-0.4, -0.2) is 5.78 Å². The quantitative estimate of drug-likeness (QED) is 0.603. The highest BCUT2D eigenvalue weighted by atomic mass is 16.1. The summed E-state index contributed by atoms with van der Waals surface area (Å²) in [5.74, 6) is 0.541. The Hall–Kier alpha value is -1.11. The molecule has 0 aromatic heterocycles. The fraction of sp³-hybridized carbons (Fsp3) is 0.588. The third-order valence-electron chi connectivity index (χ3n) is 3.88. The number of allylic oxidation sites excluding steroid dienone is 5. The van der Waals surface area contributed by atoms with E-state index in [1.165, 1.54) is 17.6 Å². The molecule has 1 aliphatic rings. The first-order chi connectivity index (χ1) is 8.71. The molecule has 1 aliphatic carbocycles. The highest BCUT2D eigenvalue weighted by Crippen LogP contribution is 2.25. The van der Waals surface area contributed by atoms with Gasteiger partial charge >= 0.3 is 0 Å². The van der Waals surface area contributed by atoms with Crippen LogP contribution in [0.25, 0.3) is 0 Å². The number of carbonyl (C=O) groups is 1. The van der Waals surface area contributed by atoms with E-state index in [-0.39, 0.29) is 5.92 Å². The van der Waals surface area contributed by atoms with Crippen molar-refractivity contribution >= 4 is 5.78 Å². The summed E-state index contributed by atoms with van der Waals surface area (Å²) in [6.45, 7) is 8.05. The van der Waals surface area contributed by atoms with E-state index in [1.54, 1.807) is 0 Å². The molecular weight excluding hydrogens is 220 g/mol. The molecule has 0 spiro atoms. The largest absolute Gasteiger partial charge is 0.299 e. The second kappa shape index (κ2) is 8.07. The summed E-state index contributed by atoms with van der Waals surface area (Å²) in [4.78, 5) is 12.2. The van der Waals surface area contributed by atoms with Crippen molar-refractivity contribution in [1.29, 1.82) is 0 Å². The predicted octanol–water partition coefficient (Wildman–Crippen LogP) is 4.99. The lowest BCUT2D eigenvalue weighted by atomic mass is 9.93. The monoisotopic (exact) mass is 246 g/mol. The van der Waals surface area contributed by atoms with E-state index in [2.05, 4.69) is 32.6 Å². The molecule has 18 heavy (non-hydrogen) atoms. The predicted molar refractivity (Wildman–Crippen MR) is 78.5 cm³/mol. The van der Waals surface area contributed by atoms with E-state index >= 15 is 0 Å². The molecule has 1 heteroatoms. The third-order valence-corrected chi connectivity index (χ3v) is 3.88. The van der Waals surface area contributed by atoms with E-state index in [9.17, 15) is 4.79 Å². The Balaban J connectivity index is 2.57. The van der Waals surface area contributed by atoms with Crippen LogP contribution in [0.15, 0.2) is 36.0 Å². The second-order valence-corrected chi connectivity index (χ2v) is 5.06. The minimum Gasteiger partial charge on any atom is -0.299 e. The van der Waals surface area contributed by atoms with E-state index in [1.807, 2.05) is 6.08 Å². The minimum absolute atomic E-state index is 0.135. The zero-order chi connectivity index (χ0) is 13.4. The Bertz CT molecular complexity index is 347. The summed E-state index contributed by atoms with van der Waals surface area (Å²) >= 11 is 0. The topological polar surface area (TPSA) is 17.1 Å². The number of hydrogen-bond donors (Lipinski definition) is 0. The maximum absolute atomic E-state index is 12.2. The molecular formula is C17H26O. The van der Waals surface area contributed by atoms with Crippen molar-refractivity contribution < 1.29 is 4.79 Å². The summed E-state index contributed by atoms with van der Waals surface area (Å²) in [7, 11) is 0. The van der Waals surface area contributed by atoms with Crippen molar-refractivity contribution in [1.82, 2.24) is 0 Å². The maximum atomic E-state index is 12.2. The molecule has 1 rings (SSSR count). The number of Topliss-reactive ketones (excluding diaryl/α,β-unsaturated/α-hetero) is 1. The van der Waals surface area contributed by atoms with Gasteiger partial charge < -0.3 is 0 Å². The summed E-state index contributed by atoms with van der Waals surface area (Å²) < 4.78 is 0. The molecule has 0 saturated heterocycles. The molecule has 0 bridgehead atoms. The summed E-state index contributed by atoms with van der Waals surface area (Å²) in [5.41, 5.74) is 2.65. The van der Waals surface area contributed by atoms with Crippen molar-refractivity contribution in [3.05, 3.63) is 36.0 Å². The molecule has 0 N–H and O–H groups in total. The van der Waals surface area contributed by atoms with Gasteiger partial charge in [-0.3, -0.25) is 4.79 Å². The van der Waals surface area contributed by atoms with Crippen molar-refractivity contribution in [3.63, 3.8) is 0 Å². The van der Waals surface area contributed by atoms with Gasteiger partial charge in [-0.2, -0.15) is 0 Å². The molecule has 1 atom stereocenters. The van der Waals surface area contributed by atoms with E-state index < -0.39 is 0 Å². The molecule has 1 nitrogen and oxygen atoms in total. The van der Waals surface area contributed by atoms with Crippen LogP contribution < -0.4 is 0 Å². The molecule has 0 aromatic carbocycles. The van der Waals surface area contributed by atoms with E-state index in [0.29, 0.717) is 12.2 Å². The van der Waals surface area contributed by atoms with Gasteiger partial charge in [-0.1, -0.05) is 49.3 Å². The Kier molecular flexibility index (Phi) is 6.70. The molecule has 0 heterocycles. The maximum Gasteiger partial charge on any atom is 0.140 e. The Morgan fingerprint density at radius 3 is 2.83 bits per heavy atom. The summed E-state index contributed by atoms with van der Waals surface area (Å²) in [5, 5.41) is 0. The lowest BCUT2D eigenvalue weighted by Crippen LogP contribution is -2.12. The fourth-order valence-corrected chi connectivity index (χ4v) is 2.54. The third kappa shape index (κ3) is 4.64. The van der Waals surface area contributed by atoms with Gasteiger partial charge in [0.05, 0.1) is 0 Å². The van der Waals surface area contributed by atoms with E-state index in [4.69, 9.17) is 0 Å². The van der Waals surface area contributed by atoms with Crippen LogP contribution in [0.5, 0.6) is 0 Å². The van der Waals surface area contributed by atoms with Crippen LogP contribution in [0, 0.1) is 5.92 Å². The van der Waals surface area contributed by atoms with Crippen LogP contribution in [0.1, 0.15) is 58.8 Å². The number of hydrogen-bond acceptors (Lipinski definition) is 1. The van der Waals surface area contributed by atoms with Gasteiger partial charge in [0.25, 0.3) is 0 Å². The lowest BCUT2D eigenvalue weighted by Gasteiger charge is -2.11. The highest BCUT2D eigenvalue weighted by molar-refractivity contribution is 5.83. The minimum atomic E-state index is 0.135. The number of ketones is 1. The molecule has 0 aromatic rings. The average molecular weight is 246 g/mol. The first kappa shape index (κ1) is 14.9. The number of rotatable bonds is 6. The SMILES string of the molecule is C=CC1=CC(C(=O)CC/C(=C/C)CC)CCCC1. The van der Waals surface area contributed by atoms with Crippen molar-refractivity contribution in [2.45, 2.75) is 58.8 Å². The van der Waals surface area contributed by atoms with Crippen LogP contribution >= 0.6 is 0 Å². The van der Waals surface area contributed by atoms with Gasteiger partial charge in [-0.25, -0.2) is 0 Å². The molecule has 0 radical (unpaired) electrons. The zero-order valence-electron chi connectivity index (χ0n) is 11.9. The molecule has 1 unspecified atom stereocenters. The first-order valence-electron chi connectivity index (χ1n) is 7.21. The van der Waals surface area contributed by atoms with Crippen LogP contribution in [0.4, 0.5) is 0 Å². The molecule has 100 valence electrons. The van der Waals surface area contributed by atoms with Crippen molar-refractivity contribution in [2.75, 3.05) is 0 Å². The Labute approximate surface area is 112 Å². The molecule has 0 amide bonds. The second-order valence-electron chi connectivity index (χ2n) is 5.06. The molecule has 0 fully saturated rings. The van der Waals surface area contributed by atoms with Gasteiger partial charge in [0.15, 0.2) is 0 Å². The molecule has 0 saturated carbocycles. The van der Waals surface area contributed by atoms with Gasteiger partial charge in [0.1, 0.15) is 5.78 Å². The van der Waals surface area contributed by atoms with Gasteiger partial charge in [-0.15, -0.1) is 0 Å². The van der Waals surface area contributed by atoms with Gasteiger partial charge in [-0.05, 0) is 39.0 Å². The Morgan fingerprint density at radius 2 is 2.22 bits per heavy atom. The average Bonchev–Trinajstić information content (AvgIpc) is 2.65. The van der Waals surface area contributed by atoms with Crippen LogP contribution in [0.3, 0.4) is 0 Å². The standard InChI is InChI=1S/C17H26O/c1-4-14(5-2)11-12-17(18)16-10-8-7-9-15(6-3)13-16/h4,6,13,16H,3,5,7-12H2,1-2H3/b14-4+. The van der Waals surface area contributed by atoms with E-state index in [0.717, 1.165) is 32.1 Å². The fourth-order valence-electron chi connectivity index (χ4n) is 2.54. The van der Waals surface area contributed by atoms with Crippen LogP contribution in [-0.2, 0) is 4.79 Å². The van der Waals surface area contributed by atoms with Gasteiger partial charge in [0, 0.05) is 12.3 Å². The first-order valence-corrected chi connectivity index (χ1v) is 7.21. The van der Waals surface area contributed by atoms with Crippen molar-refractivity contribution in [3.8, 4) is 0 Å². The lowest BCUT2D eigenvalue weighted by molar-refractivity contribution is -0.121. The van der Waals surface area contributed by atoms with Crippen molar-refractivity contribution in [2.24, 2.45) is 5.92 Å². The molecule has 0 aliphatic heterocycles. The van der Waals surface area contributed by atoms with Gasteiger partial charge in [0.2, 0.25) is 0 Å².